The largest absolute Gasteiger partial charge is 0.306 e. The number of rotatable bonds is 7. The van der Waals surface area contributed by atoms with Crippen molar-refractivity contribution < 1.29 is 0 Å². The van der Waals surface area contributed by atoms with Crippen LogP contribution in [0, 0.1) is 6.92 Å². The third-order valence-electron chi connectivity index (χ3n) is 6.97. The van der Waals surface area contributed by atoms with Crippen LogP contribution in [0.4, 0.5) is 0 Å². The summed E-state index contributed by atoms with van der Waals surface area (Å²) in [4.78, 5) is 7.28. The Balaban J connectivity index is 1.33. The topological polar surface area (TPSA) is 45.5 Å². The van der Waals surface area contributed by atoms with E-state index in [1.807, 2.05) is 18.3 Å². The average Bonchev–Trinajstić information content (AvgIpc) is 3.19. The van der Waals surface area contributed by atoms with Gasteiger partial charge in [0.15, 0.2) is 5.65 Å². The molecule has 6 heteroatoms. The monoisotopic (exact) mass is 473 g/mol. The Morgan fingerprint density at radius 1 is 1.09 bits per heavy atom. The van der Waals surface area contributed by atoms with Crippen LogP contribution in [-0.2, 0) is 13.1 Å². The average molecular weight is 474 g/mol. The molecule has 2 aromatic carbocycles. The second-order valence-electron chi connectivity index (χ2n) is 9.38. The summed E-state index contributed by atoms with van der Waals surface area (Å²) >= 11 is 6.06. The predicted molar refractivity (Wildman–Crippen MR) is 138 cm³/mol. The lowest BCUT2D eigenvalue weighted by molar-refractivity contribution is 0.197. The van der Waals surface area contributed by atoms with Crippen molar-refractivity contribution >= 4 is 17.2 Å². The van der Waals surface area contributed by atoms with Crippen molar-refractivity contribution in [3.8, 4) is 0 Å². The lowest BCUT2D eigenvalue weighted by atomic mass is 9.94. The van der Waals surface area contributed by atoms with Crippen molar-refractivity contribution in [2.45, 2.75) is 51.7 Å². The number of fused-ring (bicyclic) bond motifs is 1. The first-order chi connectivity index (χ1) is 16.6. The molecule has 2 atom stereocenters. The van der Waals surface area contributed by atoms with Gasteiger partial charge in [-0.1, -0.05) is 54.1 Å². The Labute approximate surface area is 206 Å². The normalized spacial score (nSPS) is 17.8. The number of aryl methyl sites for hydroxylation is 1. The molecule has 5 rings (SSSR count). The van der Waals surface area contributed by atoms with Crippen LogP contribution >= 0.6 is 11.6 Å². The number of piperidine rings is 1. The van der Waals surface area contributed by atoms with Crippen molar-refractivity contribution in [2.24, 2.45) is 0 Å². The Hall–Kier alpha value is -2.73. The standard InChI is InChI=1S/C28H32ClN5/c1-20(23-7-4-3-5-8-23)31-17-26-21(2)32-34-27(14-15-30-28(26)34)24-9-6-16-33(19-24)18-22-10-12-25(29)13-11-22/h3-5,7-8,10-15,20,24,31H,6,9,16-19H2,1-2H3/t20-,24?/m0/s1. The molecule has 1 fully saturated rings. The summed E-state index contributed by atoms with van der Waals surface area (Å²) in [7, 11) is 0. The first-order valence-corrected chi connectivity index (χ1v) is 12.5. The zero-order valence-electron chi connectivity index (χ0n) is 19.9. The van der Waals surface area contributed by atoms with Crippen LogP contribution in [-0.4, -0.2) is 32.6 Å². The van der Waals surface area contributed by atoms with Gasteiger partial charge in [0.1, 0.15) is 0 Å². The number of nitrogens with zero attached hydrogens (tertiary/aromatic N) is 4. The summed E-state index contributed by atoms with van der Waals surface area (Å²) in [6, 6.07) is 21.2. The minimum atomic E-state index is 0.263. The van der Waals surface area contributed by atoms with E-state index >= 15 is 0 Å². The molecule has 0 saturated carbocycles. The van der Waals surface area contributed by atoms with Crippen molar-refractivity contribution in [3.63, 3.8) is 0 Å². The van der Waals surface area contributed by atoms with Crippen molar-refractivity contribution in [2.75, 3.05) is 13.1 Å². The highest BCUT2D eigenvalue weighted by Crippen LogP contribution is 2.29. The molecule has 3 heterocycles. The zero-order valence-corrected chi connectivity index (χ0v) is 20.7. The summed E-state index contributed by atoms with van der Waals surface area (Å²) in [5.74, 6) is 0.440. The summed E-state index contributed by atoms with van der Waals surface area (Å²) < 4.78 is 2.09. The fourth-order valence-electron chi connectivity index (χ4n) is 5.03. The number of likely N-dealkylation sites (tertiary alicyclic amines) is 1. The number of aromatic nitrogens is 3. The van der Waals surface area contributed by atoms with E-state index < -0.39 is 0 Å². The van der Waals surface area contributed by atoms with E-state index in [-0.39, 0.29) is 6.04 Å². The molecule has 5 nitrogen and oxygen atoms in total. The van der Waals surface area contributed by atoms with E-state index in [1.165, 1.54) is 35.2 Å². The first-order valence-electron chi connectivity index (χ1n) is 12.2. The van der Waals surface area contributed by atoms with Gasteiger partial charge in [-0.25, -0.2) is 9.50 Å². The molecule has 1 unspecified atom stereocenters. The molecular formula is C28H32ClN5. The molecule has 1 saturated heterocycles. The summed E-state index contributed by atoms with van der Waals surface area (Å²) in [6.07, 6.45) is 4.31. The molecule has 1 aliphatic heterocycles. The highest BCUT2D eigenvalue weighted by Gasteiger charge is 2.25. The minimum absolute atomic E-state index is 0.263. The number of halogens is 1. The molecule has 34 heavy (non-hydrogen) atoms. The summed E-state index contributed by atoms with van der Waals surface area (Å²) in [5, 5.41) is 9.39. The Kier molecular flexibility index (Phi) is 6.95. The summed E-state index contributed by atoms with van der Waals surface area (Å²) in [5.41, 5.74) is 7.04. The van der Waals surface area contributed by atoms with Gasteiger partial charge in [0.05, 0.1) is 11.4 Å². The molecule has 0 amide bonds. The Bertz CT molecular complexity index is 1240. The molecule has 176 valence electrons. The van der Waals surface area contributed by atoms with Gasteiger partial charge in [-0.15, -0.1) is 0 Å². The molecule has 0 radical (unpaired) electrons. The highest BCUT2D eigenvalue weighted by atomic mass is 35.5. The van der Waals surface area contributed by atoms with Crippen LogP contribution in [0.15, 0.2) is 66.9 Å². The molecule has 0 spiro atoms. The molecule has 0 bridgehead atoms. The van der Waals surface area contributed by atoms with Gasteiger partial charge in [0, 0.05) is 48.4 Å². The SMILES string of the molecule is Cc1nn2c(C3CCCN(Cc4ccc(Cl)cc4)C3)ccnc2c1CN[C@@H](C)c1ccccc1. The van der Waals surface area contributed by atoms with Gasteiger partial charge in [-0.05, 0) is 62.6 Å². The Morgan fingerprint density at radius 2 is 1.88 bits per heavy atom. The third-order valence-corrected chi connectivity index (χ3v) is 7.22. The van der Waals surface area contributed by atoms with Crippen LogP contribution in [0.25, 0.3) is 5.65 Å². The third kappa shape index (κ3) is 5.02. The maximum Gasteiger partial charge on any atom is 0.159 e. The van der Waals surface area contributed by atoms with Crippen LogP contribution in [0.3, 0.4) is 0 Å². The summed E-state index contributed by atoms with van der Waals surface area (Å²) in [6.45, 7) is 8.14. The predicted octanol–water partition coefficient (Wildman–Crippen LogP) is 5.92. The van der Waals surface area contributed by atoms with E-state index in [0.717, 1.165) is 42.5 Å². The van der Waals surface area contributed by atoms with Gasteiger partial charge in [0.2, 0.25) is 0 Å². The lowest BCUT2D eigenvalue weighted by Gasteiger charge is -2.33. The van der Waals surface area contributed by atoms with Crippen molar-refractivity contribution in [3.05, 3.63) is 100.0 Å². The Morgan fingerprint density at radius 3 is 2.68 bits per heavy atom. The van der Waals surface area contributed by atoms with Gasteiger partial charge in [-0.2, -0.15) is 5.10 Å². The maximum absolute atomic E-state index is 6.06. The number of hydrogen-bond acceptors (Lipinski definition) is 4. The van der Waals surface area contributed by atoms with Crippen molar-refractivity contribution in [1.82, 2.24) is 24.8 Å². The van der Waals surface area contributed by atoms with Gasteiger partial charge < -0.3 is 5.32 Å². The smallest absolute Gasteiger partial charge is 0.159 e. The fraction of sp³-hybridized carbons (Fsp3) is 0.357. The number of benzene rings is 2. The highest BCUT2D eigenvalue weighted by molar-refractivity contribution is 6.30. The lowest BCUT2D eigenvalue weighted by Crippen LogP contribution is -2.34. The minimum Gasteiger partial charge on any atom is -0.306 e. The molecule has 1 aliphatic rings. The second-order valence-corrected chi connectivity index (χ2v) is 9.82. The van der Waals surface area contributed by atoms with Gasteiger partial charge >= 0.3 is 0 Å². The van der Waals surface area contributed by atoms with E-state index in [4.69, 9.17) is 21.7 Å². The van der Waals surface area contributed by atoms with Crippen molar-refractivity contribution in [1.29, 1.82) is 0 Å². The zero-order chi connectivity index (χ0) is 23.5. The molecule has 2 aromatic heterocycles. The second kappa shape index (κ2) is 10.3. The van der Waals surface area contributed by atoms with Crippen LogP contribution in [0.1, 0.15) is 59.8 Å². The molecule has 0 aliphatic carbocycles. The quantitative estimate of drug-likeness (QED) is 0.362. The van der Waals surface area contributed by atoms with Crippen LogP contribution < -0.4 is 5.32 Å². The molecular weight excluding hydrogens is 442 g/mol. The number of hydrogen-bond donors (Lipinski definition) is 1. The molecule has 1 N–H and O–H groups in total. The number of nitrogens with one attached hydrogen (secondary N) is 1. The van der Waals surface area contributed by atoms with E-state index in [0.29, 0.717) is 5.92 Å². The van der Waals surface area contributed by atoms with Gasteiger partial charge in [-0.3, -0.25) is 4.90 Å². The van der Waals surface area contributed by atoms with Gasteiger partial charge in [0.25, 0.3) is 0 Å². The van der Waals surface area contributed by atoms with Crippen LogP contribution in [0.5, 0.6) is 0 Å². The maximum atomic E-state index is 6.06. The fourth-order valence-corrected chi connectivity index (χ4v) is 5.16. The molecule has 4 aromatic rings. The van der Waals surface area contributed by atoms with Crippen LogP contribution in [0.2, 0.25) is 5.02 Å². The van der Waals surface area contributed by atoms with E-state index in [1.54, 1.807) is 0 Å². The first kappa shape index (κ1) is 23.0. The van der Waals surface area contributed by atoms with E-state index in [9.17, 15) is 0 Å². The van der Waals surface area contributed by atoms with E-state index in [2.05, 4.69) is 77.1 Å².